The van der Waals surface area contributed by atoms with Crippen molar-refractivity contribution in [3.05, 3.63) is 22.5 Å². The lowest BCUT2D eigenvalue weighted by atomic mass is 10.4. The molecule has 0 unspecified atom stereocenters. The van der Waals surface area contributed by atoms with Gasteiger partial charge in [0.15, 0.2) is 0 Å². The van der Waals surface area contributed by atoms with Crippen molar-refractivity contribution in [2.45, 2.75) is 13.8 Å². The minimum Gasteiger partial charge on any atom is -0.212 e. The van der Waals surface area contributed by atoms with E-state index in [9.17, 15) is 4.39 Å². The summed E-state index contributed by atoms with van der Waals surface area (Å²) >= 11 is 3.15. The predicted molar refractivity (Wildman–Crippen MR) is 37.5 cm³/mol. The van der Waals surface area contributed by atoms with Gasteiger partial charge < -0.3 is 0 Å². The molecule has 0 aromatic heterocycles. The lowest BCUT2D eigenvalue weighted by molar-refractivity contribution is 0.640. The Morgan fingerprint density at radius 3 is 2.00 bits per heavy atom. The third-order valence-electron chi connectivity index (χ3n) is 0.543. The molecular weight excluding hydrogens is 171 g/mol. The van der Waals surface area contributed by atoms with Crippen molar-refractivity contribution in [1.82, 2.24) is 0 Å². The van der Waals surface area contributed by atoms with Crippen LogP contribution in [-0.2, 0) is 0 Å². The van der Waals surface area contributed by atoms with Gasteiger partial charge in [-0.15, -0.1) is 0 Å². The Labute approximate surface area is 57.2 Å². The molecule has 0 amide bonds. The summed E-state index contributed by atoms with van der Waals surface area (Å²) in [5.74, 6) is -0.177. The van der Waals surface area contributed by atoms with Crippen LogP contribution in [-0.4, -0.2) is 0 Å². The topological polar surface area (TPSA) is 0 Å². The molecule has 0 aliphatic carbocycles. The minimum absolute atomic E-state index is 0.177. The van der Waals surface area contributed by atoms with Crippen molar-refractivity contribution in [1.29, 1.82) is 0 Å². The molecule has 0 heterocycles. The third kappa shape index (κ3) is 5.89. The zero-order valence-corrected chi connectivity index (χ0v) is 6.50. The SMILES string of the molecule is CC(F)=CC=C(C)Br. The normalized spacial score (nSPS) is 14.5. The quantitative estimate of drug-likeness (QED) is 0.542. The molecule has 0 fully saturated rings. The first-order valence-corrected chi connectivity index (χ1v) is 3.08. The van der Waals surface area contributed by atoms with Crippen LogP contribution >= 0.6 is 15.9 Å². The van der Waals surface area contributed by atoms with Gasteiger partial charge in [-0.3, -0.25) is 0 Å². The van der Waals surface area contributed by atoms with Crippen LogP contribution in [0.25, 0.3) is 0 Å². The minimum atomic E-state index is -0.177. The first-order chi connectivity index (χ1) is 3.63. The molecule has 0 N–H and O–H groups in total. The predicted octanol–water partition coefficient (Wildman–Crippen LogP) is 3.16. The Morgan fingerprint density at radius 2 is 1.88 bits per heavy atom. The summed E-state index contributed by atoms with van der Waals surface area (Å²) in [5.41, 5.74) is 0. The fourth-order valence-corrected chi connectivity index (χ4v) is 0.362. The molecule has 0 bridgehead atoms. The Kier molecular flexibility index (Phi) is 3.79. The second-order valence-corrected chi connectivity index (χ2v) is 2.76. The first-order valence-electron chi connectivity index (χ1n) is 2.29. The zero-order chi connectivity index (χ0) is 6.57. The van der Waals surface area contributed by atoms with E-state index in [-0.39, 0.29) is 5.83 Å². The Bertz CT molecular complexity index is 100. The molecule has 0 aromatic carbocycles. The van der Waals surface area contributed by atoms with E-state index in [2.05, 4.69) is 15.9 Å². The summed E-state index contributed by atoms with van der Waals surface area (Å²) in [6.07, 6.45) is 3.07. The maximum Gasteiger partial charge on any atom is 0.0968 e. The highest BCUT2D eigenvalue weighted by molar-refractivity contribution is 9.11. The molecule has 46 valence electrons. The first kappa shape index (κ1) is 7.89. The molecule has 8 heavy (non-hydrogen) atoms. The van der Waals surface area contributed by atoms with Gasteiger partial charge in [0.2, 0.25) is 0 Å². The van der Waals surface area contributed by atoms with Gasteiger partial charge in [0.25, 0.3) is 0 Å². The highest BCUT2D eigenvalue weighted by Crippen LogP contribution is 2.03. The number of rotatable bonds is 1. The molecule has 0 radical (unpaired) electrons. The monoisotopic (exact) mass is 178 g/mol. The maximum atomic E-state index is 11.9. The van der Waals surface area contributed by atoms with Crippen molar-refractivity contribution in [2.75, 3.05) is 0 Å². The fraction of sp³-hybridized carbons (Fsp3) is 0.333. The number of hydrogen-bond acceptors (Lipinski definition) is 0. The number of hydrogen-bond donors (Lipinski definition) is 0. The van der Waals surface area contributed by atoms with E-state index >= 15 is 0 Å². The molecule has 0 rings (SSSR count). The highest BCUT2D eigenvalue weighted by Gasteiger charge is 1.77. The van der Waals surface area contributed by atoms with E-state index in [0.717, 1.165) is 4.48 Å². The van der Waals surface area contributed by atoms with E-state index in [1.807, 2.05) is 6.92 Å². The molecule has 0 aromatic rings. The standard InChI is InChI=1S/C6H8BrF/c1-5(7)3-4-6(2)8/h3-4H,1-2H3. The zero-order valence-electron chi connectivity index (χ0n) is 4.91. The molecule has 0 aliphatic rings. The second-order valence-electron chi connectivity index (χ2n) is 1.51. The average Bonchev–Trinajstić information content (AvgIpc) is 1.61. The van der Waals surface area contributed by atoms with Gasteiger partial charge in [0.05, 0.1) is 5.83 Å². The van der Waals surface area contributed by atoms with Crippen LogP contribution in [0.1, 0.15) is 13.8 Å². The molecule has 0 saturated heterocycles. The summed E-state index contributed by atoms with van der Waals surface area (Å²) in [5, 5.41) is 0. The lowest BCUT2D eigenvalue weighted by Crippen LogP contribution is -1.57. The summed E-state index contributed by atoms with van der Waals surface area (Å²) in [6, 6.07) is 0. The second kappa shape index (κ2) is 3.84. The molecule has 0 saturated carbocycles. The van der Waals surface area contributed by atoms with Crippen LogP contribution in [0.5, 0.6) is 0 Å². The van der Waals surface area contributed by atoms with Gasteiger partial charge in [-0.05, 0) is 30.5 Å². The van der Waals surface area contributed by atoms with Crippen LogP contribution in [0.2, 0.25) is 0 Å². The van der Waals surface area contributed by atoms with Crippen LogP contribution in [0.3, 0.4) is 0 Å². The van der Waals surface area contributed by atoms with Gasteiger partial charge in [-0.1, -0.05) is 15.9 Å². The largest absolute Gasteiger partial charge is 0.212 e. The molecule has 0 atom stereocenters. The molecular formula is C6H8BrF. The summed E-state index contributed by atoms with van der Waals surface area (Å²) in [7, 11) is 0. The van der Waals surface area contributed by atoms with Crippen molar-refractivity contribution in [2.24, 2.45) is 0 Å². The van der Waals surface area contributed by atoms with E-state index in [0.29, 0.717) is 0 Å². The Hall–Kier alpha value is -0.110. The molecule has 0 spiro atoms. The van der Waals surface area contributed by atoms with Gasteiger partial charge in [-0.25, -0.2) is 4.39 Å². The van der Waals surface area contributed by atoms with E-state index in [1.54, 1.807) is 6.08 Å². The van der Waals surface area contributed by atoms with E-state index in [4.69, 9.17) is 0 Å². The van der Waals surface area contributed by atoms with E-state index in [1.165, 1.54) is 13.0 Å². The van der Waals surface area contributed by atoms with Crippen LogP contribution in [0.15, 0.2) is 22.5 Å². The third-order valence-corrected chi connectivity index (χ3v) is 0.807. The van der Waals surface area contributed by atoms with Crippen molar-refractivity contribution < 1.29 is 4.39 Å². The molecule has 0 aliphatic heterocycles. The summed E-state index contributed by atoms with van der Waals surface area (Å²) in [6.45, 7) is 3.26. The Balaban J connectivity index is 3.76. The van der Waals surface area contributed by atoms with Crippen molar-refractivity contribution in [3.8, 4) is 0 Å². The summed E-state index contributed by atoms with van der Waals surface area (Å²) < 4.78 is 12.8. The van der Waals surface area contributed by atoms with Crippen molar-refractivity contribution in [3.63, 3.8) is 0 Å². The number of allylic oxidation sites excluding steroid dienone is 4. The Morgan fingerprint density at radius 1 is 1.38 bits per heavy atom. The van der Waals surface area contributed by atoms with Crippen LogP contribution in [0.4, 0.5) is 4.39 Å². The van der Waals surface area contributed by atoms with Gasteiger partial charge >= 0.3 is 0 Å². The number of halogens is 2. The van der Waals surface area contributed by atoms with Crippen molar-refractivity contribution >= 4 is 15.9 Å². The fourth-order valence-electron chi connectivity index (χ4n) is 0.230. The smallest absolute Gasteiger partial charge is 0.0968 e. The highest BCUT2D eigenvalue weighted by atomic mass is 79.9. The van der Waals surface area contributed by atoms with Crippen LogP contribution in [0, 0.1) is 0 Å². The summed E-state index contributed by atoms with van der Waals surface area (Å²) in [4.78, 5) is 0. The molecule has 2 heteroatoms. The van der Waals surface area contributed by atoms with E-state index < -0.39 is 0 Å². The van der Waals surface area contributed by atoms with Gasteiger partial charge in [-0.2, -0.15) is 0 Å². The maximum absolute atomic E-state index is 11.9. The molecule has 0 nitrogen and oxygen atoms in total. The average molecular weight is 179 g/mol. The van der Waals surface area contributed by atoms with Gasteiger partial charge in [0.1, 0.15) is 0 Å². The van der Waals surface area contributed by atoms with Gasteiger partial charge in [0, 0.05) is 0 Å². The van der Waals surface area contributed by atoms with Crippen LogP contribution < -0.4 is 0 Å². The lowest BCUT2D eigenvalue weighted by Gasteiger charge is -1.79.